The largest absolute Gasteiger partial charge is 0.495 e. The van der Waals surface area contributed by atoms with Gasteiger partial charge in [0.15, 0.2) is 0 Å². The Morgan fingerprint density at radius 2 is 2.04 bits per heavy atom. The van der Waals surface area contributed by atoms with Crippen molar-refractivity contribution in [3.05, 3.63) is 41.4 Å². The van der Waals surface area contributed by atoms with E-state index in [0.717, 1.165) is 22.9 Å². The molecule has 9 heteroatoms. The first kappa shape index (κ1) is 19.1. The van der Waals surface area contributed by atoms with E-state index in [2.05, 4.69) is 10.0 Å². The zero-order valence-electron chi connectivity index (χ0n) is 12.7. The first-order chi connectivity index (χ1) is 11.0. The Morgan fingerprint density at radius 1 is 1.25 bits per heavy atom. The third kappa shape index (κ3) is 4.03. The van der Waals surface area contributed by atoms with Crippen molar-refractivity contribution in [1.82, 2.24) is 0 Å². The summed E-state index contributed by atoms with van der Waals surface area (Å²) in [5.41, 5.74) is 1.23. The van der Waals surface area contributed by atoms with Gasteiger partial charge < -0.3 is 10.1 Å². The van der Waals surface area contributed by atoms with Crippen LogP contribution in [-0.4, -0.2) is 27.8 Å². The van der Waals surface area contributed by atoms with Crippen molar-refractivity contribution < 1.29 is 13.2 Å². The molecular weight excluding hydrogens is 391 g/mol. The Balaban J connectivity index is 0.00000208. The molecule has 0 radical (unpaired) electrons. The summed E-state index contributed by atoms with van der Waals surface area (Å²) < 4.78 is 32.7. The minimum atomic E-state index is -3.68. The normalized spacial score (nSPS) is 13.2. The molecule has 0 unspecified atom stereocenters. The fourth-order valence-corrected chi connectivity index (χ4v) is 4.44. The second-order valence-electron chi connectivity index (χ2n) is 4.89. The number of anilines is 2. The molecule has 1 heterocycles. The van der Waals surface area contributed by atoms with E-state index in [1.54, 1.807) is 36.0 Å². The fraction of sp³-hybridized carbons (Fsp3) is 0.200. The second-order valence-corrected chi connectivity index (χ2v) is 8.11. The molecule has 0 aliphatic carbocycles. The molecule has 130 valence electrons. The Hall–Kier alpha value is -1.28. The lowest BCUT2D eigenvalue weighted by atomic mass is 10.3. The molecule has 1 aliphatic rings. The number of hydrogen-bond donors (Lipinski definition) is 2. The summed E-state index contributed by atoms with van der Waals surface area (Å²) in [7, 11) is -2.18. The number of nitrogens with one attached hydrogen (secondary N) is 2. The van der Waals surface area contributed by atoms with Crippen LogP contribution < -0.4 is 14.8 Å². The van der Waals surface area contributed by atoms with Crippen LogP contribution in [0.15, 0.2) is 46.2 Å². The minimum absolute atomic E-state index is 0. The van der Waals surface area contributed by atoms with Crippen LogP contribution in [0.3, 0.4) is 0 Å². The Bertz CT molecular complexity index is 845. The van der Waals surface area contributed by atoms with Crippen molar-refractivity contribution in [3.8, 4) is 5.75 Å². The van der Waals surface area contributed by atoms with Gasteiger partial charge in [-0.1, -0.05) is 11.6 Å². The zero-order chi connectivity index (χ0) is 16.4. The zero-order valence-corrected chi connectivity index (χ0v) is 15.9. The van der Waals surface area contributed by atoms with Crippen LogP contribution in [0.2, 0.25) is 5.02 Å². The van der Waals surface area contributed by atoms with E-state index < -0.39 is 10.0 Å². The summed E-state index contributed by atoms with van der Waals surface area (Å²) in [6.07, 6.45) is 0. The number of fused-ring (bicyclic) bond motifs is 1. The molecule has 5 nitrogen and oxygen atoms in total. The predicted molar refractivity (Wildman–Crippen MR) is 102 cm³/mol. The van der Waals surface area contributed by atoms with Crippen LogP contribution in [0.5, 0.6) is 5.75 Å². The highest BCUT2D eigenvalue weighted by molar-refractivity contribution is 7.99. The molecule has 0 amide bonds. The van der Waals surface area contributed by atoms with Crippen molar-refractivity contribution in [3.63, 3.8) is 0 Å². The fourth-order valence-electron chi connectivity index (χ4n) is 2.23. The number of benzene rings is 2. The van der Waals surface area contributed by atoms with Gasteiger partial charge in [0.1, 0.15) is 5.75 Å². The highest BCUT2D eigenvalue weighted by Gasteiger charge is 2.18. The number of sulfonamides is 1. The van der Waals surface area contributed by atoms with Crippen molar-refractivity contribution >= 4 is 57.2 Å². The molecule has 0 fully saturated rings. The van der Waals surface area contributed by atoms with Gasteiger partial charge in [0.2, 0.25) is 0 Å². The van der Waals surface area contributed by atoms with Gasteiger partial charge in [-0.05, 0) is 36.4 Å². The molecule has 2 aromatic rings. The maximum absolute atomic E-state index is 12.5. The van der Waals surface area contributed by atoms with Crippen LogP contribution in [-0.2, 0) is 10.0 Å². The first-order valence-electron chi connectivity index (χ1n) is 6.87. The van der Waals surface area contributed by atoms with Crippen LogP contribution in [0, 0.1) is 0 Å². The number of methoxy groups -OCH3 is 1. The Labute approximate surface area is 156 Å². The predicted octanol–water partition coefficient (Wildman–Crippen LogP) is 4.09. The van der Waals surface area contributed by atoms with Gasteiger partial charge in [0, 0.05) is 22.9 Å². The molecule has 0 saturated heterocycles. The average molecular weight is 407 g/mol. The quantitative estimate of drug-likeness (QED) is 0.799. The summed E-state index contributed by atoms with van der Waals surface area (Å²) >= 11 is 7.74. The van der Waals surface area contributed by atoms with Gasteiger partial charge in [-0.15, -0.1) is 24.2 Å². The number of ether oxygens (including phenoxy) is 1. The van der Waals surface area contributed by atoms with E-state index in [1.807, 2.05) is 6.07 Å². The molecule has 0 atom stereocenters. The molecule has 3 rings (SSSR count). The molecular formula is C15H16Cl2N2O3S2. The van der Waals surface area contributed by atoms with Crippen LogP contribution >= 0.6 is 35.8 Å². The van der Waals surface area contributed by atoms with Crippen molar-refractivity contribution in [2.45, 2.75) is 9.79 Å². The van der Waals surface area contributed by atoms with Crippen molar-refractivity contribution in [2.24, 2.45) is 0 Å². The van der Waals surface area contributed by atoms with Crippen LogP contribution in [0.4, 0.5) is 11.4 Å². The van der Waals surface area contributed by atoms with Gasteiger partial charge in [0.25, 0.3) is 10.0 Å². The number of hydrogen-bond acceptors (Lipinski definition) is 5. The Kier molecular flexibility index (Phi) is 6.14. The third-order valence-corrected chi connectivity index (χ3v) is 6.09. The average Bonchev–Trinajstić information content (AvgIpc) is 2.54. The van der Waals surface area contributed by atoms with Crippen LogP contribution in [0.1, 0.15) is 0 Å². The van der Waals surface area contributed by atoms with Gasteiger partial charge in [0.05, 0.1) is 22.7 Å². The van der Waals surface area contributed by atoms with Crippen LogP contribution in [0.25, 0.3) is 0 Å². The maximum atomic E-state index is 12.5. The number of rotatable bonds is 4. The minimum Gasteiger partial charge on any atom is -0.495 e. The summed E-state index contributed by atoms with van der Waals surface area (Å²) in [5.74, 6) is 1.46. The lowest BCUT2D eigenvalue weighted by Gasteiger charge is -2.18. The standard InChI is InChI=1S/C15H15ClN2O3S2.ClH/c1-21-14-4-2-10(8-12(14)16)18-23(19,20)11-3-5-15-13(9-11)17-6-7-22-15;/h2-5,8-9,17-18H,6-7H2,1H3;1H. The maximum Gasteiger partial charge on any atom is 0.261 e. The third-order valence-electron chi connectivity index (χ3n) is 3.34. The molecule has 2 aromatic carbocycles. The van der Waals surface area contributed by atoms with Gasteiger partial charge in [-0.2, -0.15) is 0 Å². The van der Waals surface area contributed by atoms with Gasteiger partial charge in [-0.3, -0.25) is 4.72 Å². The smallest absolute Gasteiger partial charge is 0.261 e. The highest BCUT2D eigenvalue weighted by Crippen LogP contribution is 2.33. The van der Waals surface area contributed by atoms with Gasteiger partial charge >= 0.3 is 0 Å². The number of halogens is 2. The molecule has 0 saturated carbocycles. The molecule has 0 aromatic heterocycles. The Morgan fingerprint density at radius 3 is 2.75 bits per heavy atom. The van der Waals surface area contributed by atoms with E-state index >= 15 is 0 Å². The van der Waals surface area contributed by atoms with E-state index in [-0.39, 0.29) is 17.3 Å². The van der Waals surface area contributed by atoms with Gasteiger partial charge in [-0.25, -0.2) is 8.42 Å². The van der Waals surface area contributed by atoms with Crippen molar-refractivity contribution in [2.75, 3.05) is 29.4 Å². The van der Waals surface area contributed by atoms with Crippen molar-refractivity contribution in [1.29, 1.82) is 0 Å². The lowest BCUT2D eigenvalue weighted by molar-refractivity contribution is 0.415. The topological polar surface area (TPSA) is 67.4 Å². The summed E-state index contributed by atoms with van der Waals surface area (Å²) in [4.78, 5) is 1.26. The molecule has 0 spiro atoms. The lowest BCUT2D eigenvalue weighted by Crippen LogP contribution is -2.15. The molecule has 24 heavy (non-hydrogen) atoms. The van der Waals surface area contributed by atoms with E-state index in [0.29, 0.717) is 16.5 Å². The second kappa shape index (κ2) is 7.74. The van der Waals surface area contributed by atoms with E-state index in [9.17, 15) is 8.42 Å². The summed E-state index contributed by atoms with van der Waals surface area (Å²) in [6, 6.07) is 9.81. The summed E-state index contributed by atoms with van der Waals surface area (Å²) in [6.45, 7) is 0.822. The first-order valence-corrected chi connectivity index (χ1v) is 9.71. The molecule has 2 N–H and O–H groups in total. The highest BCUT2D eigenvalue weighted by atomic mass is 35.5. The number of thioether (sulfide) groups is 1. The molecule has 1 aliphatic heterocycles. The molecule has 0 bridgehead atoms. The SMILES string of the molecule is COc1ccc(NS(=O)(=O)c2ccc3c(c2)NCCS3)cc1Cl.Cl. The summed E-state index contributed by atoms with van der Waals surface area (Å²) in [5, 5.41) is 3.56. The van der Waals surface area contributed by atoms with E-state index in [4.69, 9.17) is 16.3 Å². The monoisotopic (exact) mass is 406 g/mol. The van der Waals surface area contributed by atoms with E-state index in [1.165, 1.54) is 13.2 Å².